The van der Waals surface area contributed by atoms with Gasteiger partial charge in [-0.05, 0) is 25.2 Å². The Hall–Kier alpha value is 0.310. The predicted molar refractivity (Wildman–Crippen MR) is 39.6 cm³/mol. The third-order valence-electron chi connectivity index (χ3n) is 1.98. The maximum Gasteiger partial charge on any atom is 0.0470 e. The van der Waals surface area contributed by atoms with Crippen molar-refractivity contribution < 1.29 is 5.11 Å². The van der Waals surface area contributed by atoms with Crippen molar-refractivity contribution in [3.8, 4) is 0 Å². The normalized spacial score (nSPS) is 41.0. The average molecular weight is 144 g/mol. The molecule has 1 nitrogen and oxygen atoms in total. The zero-order valence-electron chi connectivity index (χ0n) is 5.42. The number of hydrogen-bond donors (Lipinski definition) is 1. The van der Waals surface area contributed by atoms with Gasteiger partial charge in [0.2, 0.25) is 0 Å². The van der Waals surface area contributed by atoms with Gasteiger partial charge in [0, 0.05) is 17.1 Å². The molecule has 0 bridgehead atoms. The monoisotopic (exact) mass is 144 g/mol. The molecule has 2 atom stereocenters. The second-order valence-electron chi connectivity index (χ2n) is 3.05. The van der Waals surface area contributed by atoms with Gasteiger partial charge in [-0.15, -0.1) is 0 Å². The highest BCUT2D eigenvalue weighted by Gasteiger charge is 2.40. The van der Waals surface area contributed by atoms with Crippen molar-refractivity contribution in [3.63, 3.8) is 0 Å². The number of rotatable bonds is 3. The van der Waals surface area contributed by atoms with Crippen LogP contribution in [0.15, 0.2) is 0 Å². The van der Waals surface area contributed by atoms with Crippen molar-refractivity contribution >= 4 is 11.8 Å². The molecule has 2 unspecified atom stereocenters. The highest BCUT2D eigenvalue weighted by Crippen LogP contribution is 2.49. The van der Waals surface area contributed by atoms with Crippen LogP contribution in [0.1, 0.15) is 19.3 Å². The molecule has 0 aromatic heterocycles. The van der Waals surface area contributed by atoms with E-state index in [0.717, 1.165) is 10.5 Å². The van der Waals surface area contributed by atoms with E-state index in [4.69, 9.17) is 5.11 Å². The zero-order valence-corrected chi connectivity index (χ0v) is 6.23. The number of aliphatic hydroxyl groups excluding tert-OH is 1. The summed E-state index contributed by atoms with van der Waals surface area (Å²) in [6.07, 6.45) is 4.14. The third kappa shape index (κ3) is 1.41. The Morgan fingerprint density at radius 2 is 2.22 bits per heavy atom. The van der Waals surface area contributed by atoms with Crippen LogP contribution in [0.3, 0.4) is 0 Å². The Morgan fingerprint density at radius 1 is 1.44 bits per heavy atom. The van der Waals surface area contributed by atoms with E-state index in [0.29, 0.717) is 12.5 Å². The fraction of sp³-hybridized carbons (Fsp3) is 1.00. The van der Waals surface area contributed by atoms with Crippen LogP contribution in [0.5, 0.6) is 0 Å². The van der Waals surface area contributed by atoms with Crippen molar-refractivity contribution in [2.24, 2.45) is 5.92 Å². The minimum atomic E-state index is 0.421. The summed E-state index contributed by atoms with van der Waals surface area (Å²) in [5, 5.41) is 10.5. The standard InChI is InChI=1S/C7H12OS/c8-4-5-3-7(5)9-6-1-2-6/h5-8H,1-4H2. The van der Waals surface area contributed by atoms with Gasteiger partial charge in [-0.1, -0.05) is 0 Å². The Labute approximate surface area is 59.8 Å². The van der Waals surface area contributed by atoms with Crippen LogP contribution in [0.4, 0.5) is 0 Å². The third-order valence-corrected chi connectivity index (χ3v) is 3.77. The lowest BCUT2D eigenvalue weighted by molar-refractivity contribution is 0.277. The molecule has 2 aliphatic carbocycles. The highest BCUT2D eigenvalue weighted by atomic mass is 32.2. The van der Waals surface area contributed by atoms with E-state index in [1.807, 2.05) is 0 Å². The molecule has 0 heterocycles. The van der Waals surface area contributed by atoms with E-state index in [9.17, 15) is 0 Å². The molecular formula is C7H12OS. The van der Waals surface area contributed by atoms with Gasteiger partial charge in [-0.3, -0.25) is 0 Å². The SMILES string of the molecule is OCC1CC1SC1CC1. The highest BCUT2D eigenvalue weighted by molar-refractivity contribution is 8.01. The van der Waals surface area contributed by atoms with Crippen LogP contribution in [0.25, 0.3) is 0 Å². The molecule has 52 valence electrons. The Kier molecular flexibility index (Phi) is 1.46. The first-order valence-electron chi connectivity index (χ1n) is 3.66. The fourth-order valence-corrected chi connectivity index (χ4v) is 2.60. The summed E-state index contributed by atoms with van der Waals surface area (Å²) >= 11 is 2.10. The number of hydrogen-bond acceptors (Lipinski definition) is 2. The van der Waals surface area contributed by atoms with Crippen molar-refractivity contribution in [2.45, 2.75) is 29.8 Å². The van der Waals surface area contributed by atoms with E-state index in [2.05, 4.69) is 11.8 Å². The van der Waals surface area contributed by atoms with Crippen LogP contribution in [0.2, 0.25) is 0 Å². The zero-order chi connectivity index (χ0) is 6.27. The van der Waals surface area contributed by atoms with Gasteiger partial charge in [0.15, 0.2) is 0 Å². The van der Waals surface area contributed by atoms with E-state index in [1.54, 1.807) is 0 Å². The van der Waals surface area contributed by atoms with Crippen LogP contribution in [-0.4, -0.2) is 22.2 Å². The summed E-state index contributed by atoms with van der Waals surface area (Å²) in [5.74, 6) is 0.663. The topological polar surface area (TPSA) is 20.2 Å². The van der Waals surface area contributed by atoms with Gasteiger partial charge in [0.05, 0.1) is 0 Å². The molecule has 0 aromatic rings. The molecule has 2 saturated carbocycles. The number of aliphatic hydroxyl groups is 1. The second kappa shape index (κ2) is 2.17. The average Bonchev–Trinajstić information content (AvgIpc) is 2.66. The summed E-state index contributed by atoms with van der Waals surface area (Å²) in [6, 6.07) is 0. The van der Waals surface area contributed by atoms with Crippen molar-refractivity contribution in [1.29, 1.82) is 0 Å². The molecule has 9 heavy (non-hydrogen) atoms. The minimum absolute atomic E-state index is 0.421. The van der Waals surface area contributed by atoms with E-state index in [1.165, 1.54) is 19.3 Å². The summed E-state index contributed by atoms with van der Waals surface area (Å²) < 4.78 is 0. The maximum absolute atomic E-state index is 8.70. The Bertz CT molecular complexity index is 111. The summed E-state index contributed by atoms with van der Waals surface area (Å²) in [4.78, 5) is 0. The first-order valence-corrected chi connectivity index (χ1v) is 4.61. The summed E-state index contributed by atoms with van der Waals surface area (Å²) in [5.41, 5.74) is 0. The lowest BCUT2D eigenvalue weighted by Gasteiger charge is -1.92. The molecule has 2 fully saturated rings. The predicted octanol–water partition coefficient (Wildman–Crippen LogP) is 1.26. The van der Waals surface area contributed by atoms with Crippen LogP contribution < -0.4 is 0 Å². The Balaban J connectivity index is 1.65. The molecule has 0 radical (unpaired) electrons. The van der Waals surface area contributed by atoms with Crippen LogP contribution >= 0.6 is 11.8 Å². The van der Waals surface area contributed by atoms with Gasteiger partial charge < -0.3 is 5.11 Å². The van der Waals surface area contributed by atoms with Gasteiger partial charge in [0.1, 0.15) is 0 Å². The van der Waals surface area contributed by atoms with Gasteiger partial charge in [-0.25, -0.2) is 0 Å². The van der Waals surface area contributed by atoms with Crippen molar-refractivity contribution in [1.82, 2.24) is 0 Å². The molecule has 2 aliphatic rings. The summed E-state index contributed by atoms with van der Waals surface area (Å²) in [7, 11) is 0. The lowest BCUT2D eigenvalue weighted by atomic mass is 10.5. The van der Waals surface area contributed by atoms with E-state index < -0.39 is 0 Å². The Morgan fingerprint density at radius 3 is 2.67 bits per heavy atom. The maximum atomic E-state index is 8.70. The molecule has 0 aliphatic heterocycles. The van der Waals surface area contributed by atoms with E-state index >= 15 is 0 Å². The van der Waals surface area contributed by atoms with E-state index in [-0.39, 0.29) is 0 Å². The van der Waals surface area contributed by atoms with Gasteiger partial charge in [-0.2, -0.15) is 11.8 Å². The minimum Gasteiger partial charge on any atom is -0.396 e. The van der Waals surface area contributed by atoms with Crippen LogP contribution in [-0.2, 0) is 0 Å². The molecule has 0 spiro atoms. The molecule has 1 N–H and O–H groups in total. The smallest absolute Gasteiger partial charge is 0.0470 e. The molecule has 2 heteroatoms. The fourth-order valence-electron chi connectivity index (χ4n) is 1.03. The second-order valence-corrected chi connectivity index (χ2v) is 4.60. The lowest BCUT2D eigenvalue weighted by Crippen LogP contribution is -1.89. The number of thioether (sulfide) groups is 1. The quantitative estimate of drug-likeness (QED) is 0.643. The summed E-state index contributed by atoms with van der Waals surface area (Å²) in [6.45, 7) is 0.421. The molecular weight excluding hydrogens is 132 g/mol. The molecule has 0 saturated heterocycles. The van der Waals surface area contributed by atoms with Crippen molar-refractivity contribution in [3.05, 3.63) is 0 Å². The van der Waals surface area contributed by atoms with Gasteiger partial charge in [0.25, 0.3) is 0 Å². The largest absolute Gasteiger partial charge is 0.396 e. The molecule has 0 amide bonds. The molecule has 0 aromatic carbocycles. The van der Waals surface area contributed by atoms with Crippen molar-refractivity contribution in [2.75, 3.05) is 6.61 Å². The van der Waals surface area contributed by atoms with Gasteiger partial charge >= 0.3 is 0 Å². The first kappa shape index (κ1) is 6.05. The molecule has 2 rings (SSSR count). The first-order chi connectivity index (χ1) is 4.40. The van der Waals surface area contributed by atoms with Crippen LogP contribution in [0, 0.1) is 5.92 Å².